The van der Waals surface area contributed by atoms with E-state index in [-0.39, 0.29) is 23.1 Å². The fourth-order valence-electron chi connectivity index (χ4n) is 2.74. The van der Waals surface area contributed by atoms with Crippen molar-refractivity contribution < 1.29 is 13.2 Å². The standard InChI is InChI=1S/C15H24N2O3S2/c1-3-22(19,20)14-6-8-17(9-7-14)15(18)16-12(2)11-13-5-4-10-21-13/h4-5,10,12,14H,3,6-9,11H2,1-2H3,(H,16,18)/t12-/m0/s1. The van der Waals surface area contributed by atoms with Crippen LogP contribution in [0.25, 0.3) is 0 Å². The molecule has 2 amide bonds. The van der Waals surface area contributed by atoms with Crippen LogP contribution in [0.15, 0.2) is 17.5 Å². The van der Waals surface area contributed by atoms with Gasteiger partial charge in [0.1, 0.15) is 0 Å². The van der Waals surface area contributed by atoms with Crippen LogP contribution < -0.4 is 5.32 Å². The van der Waals surface area contributed by atoms with Gasteiger partial charge in [-0.2, -0.15) is 0 Å². The Balaban J connectivity index is 1.80. The quantitative estimate of drug-likeness (QED) is 0.891. The lowest BCUT2D eigenvalue weighted by atomic mass is 10.1. The molecule has 0 radical (unpaired) electrons. The summed E-state index contributed by atoms with van der Waals surface area (Å²) in [5, 5.41) is 4.74. The maximum Gasteiger partial charge on any atom is 0.317 e. The van der Waals surface area contributed by atoms with E-state index in [4.69, 9.17) is 0 Å². The van der Waals surface area contributed by atoms with Crippen molar-refractivity contribution in [3.8, 4) is 0 Å². The van der Waals surface area contributed by atoms with Crippen LogP contribution in [0.4, 0.5) is 4.79 Å². The van der Waals surface area contributed by atoms with E-state index in [1.54, 1.807) is 23.2 Å². The number of carbonyl (C=O) groups excluding carboxylic acids is 1. The molecule has 1 N–H and O–H groups in total. The summed E-state index contributed by atoms with van der Waals surface area (Å²) >= 11 is 1.69. The van der Waals surface area contributed by atoms with Crippen LogP contribution in [-0.2, 0) is 16.3 Å². The summed E-state index contributed by atoms with van der Waals surface area (Å²) in [7, 11) is -2.98. The molecule has 1 atom stereocenters. The zero-order valence-corrected chi connectivity index (χ0v) is 14.8. The number of hydrogen-bond acceptors (Lipinski definition) is 4. The molecular formula is C15H24N2O3S2. The summed E-state index contributed by atoms with van der Waals surface area (Å²) in [4.78, 5) is 15.2. The molecule has 124 valence electrons. The summed E-state index contributed by atoms with van der Waals surface area (Å²) < 4.78 is 23.7. The van der Waals surface area contributed by atoms with Crippen molar-refractivity contribution in [3.05, 3.63) is 22.4 Å². The first-order valence-corrected chi connectivity index (χ1v) is 10.3. The highest BCUT2D eigenvalue weighted by Gasteiger charge is 2.30. The zero-order chi connectivity index (χ0) is 16.2. The van der Waals surface area contributed by atoms with Crippen LogP contribution >= 0.6 is 11.3 Å². The minimum atomic E-state index is -2.98. The van der Waals surface area contributed by atoms with Crippen molar-refractivity contribution in [2.75, 3.05) is 18.8 Å². The topological polar surface area (TPSA) is 66.5 Å². The van der Waals surface area contributed by atoms with Gasteiger partial charge < -0.3 is 10.2 Å². The zero-order valence-electron chi connectivity index (χ0n) is 13.1. The number of urea groups is 1. The third-order valence-corrected chi connectivity index (χ3v) is 7.29. The van der Waals surface area contributed by atoms with Gasteiger partial charge in [0.2, 0.25) is 0 Å². The van der Waals surface area contributed by atoms with E-state index < -0.39 is 9.84 Å². The molecule has 1 aliphatic heterocycles. The average molecular weight is 345 g/mol. The first-order chi connectivity index (χ1) is 10.4. The minimum absolute atomic E-state index is 0.0725. The maximum atomic E-state index is 12.2. The first kappa shape index (κ1) is 17.3. The van der Waals surface area contributed by atoms with Crippen molar-refractivity contribution in [3.63, 3.8) is 0 Å². The highest BCUT2D eigenvalue weighted by molar-refractivity contribution is 7.92. The molecule has 7 heteroatoms. The van der Waals surface area contributed by atoms with Crippen LogP contribution in [0, 0.1) is 0 Å². The van der Waals surface area contributed by atoms with Crippen LogP contribution in [0.2, 0.25) is 0 Å². The molecule has 0 bridgehead atoms. The van der Waals surface area contributed by atoms with Gasteiger partial charge in [-0.25, -0.2) is 13.2 Å². The molecule has 1 saturated heterocycles. The second-order valence-corrected chi connectivity index (χ2v) is 9.37. The van der Waals surface area contributed by atoms with Gasteiger partial charge in [0.25, 0.3) is 0 Å². The third kappa shape index (κ3) is 4.46. The summed E-state index contributed by atoms with van der Waals surface area (Å²) in [5.41, 5.74) is 0. The number of rotatable bonds is 5. The lowest BCUT2D eigenvalue weighted by molar-refractivity contribution is 0.183. The molecule has 0 spiro atoms. The van der Waals surface area contributed by atoms with E-state index in [0.29, 0.717) is 25.9 Å². The predicted octanol–water partition coefficient (Wildman–Crippen LogP) is 2.29. The summed E-state index contributed by atoms with van der Waals surface area (Å²) in [6, 6.07) is 4.06. The van der Waals surface area contributed by atoms with Crippen molar-refractivity contribution in [2.24, 2.45) is 0 Å². The smallest absolute Gasteiger partial charge is 0.317 e. The normalized spacial score (nSPS) is 18.2. The van der Waals surface area contributed by atoms with Gasteiger partial charge in [0.05, 0.1) is 5.25 Å². The number of amides is 2. The Morgan fingerprint density at radius 2 is 2.14 bits per heavy atom. The Morgan fingerprint density at radius 1 is 1.45 bits per heavy atom. The van der Waals surface area contributed by atoms with Crippen LogP contribution in [0.1, 0.15) is 31.6 Å². The van der Waals surface area contributed by atoms with Crippen molar-refractivity contribution in [1.82, 2.24) is 10.2 Å². The van der Waals surface area contributed by atoms with Crippen molar-refractivity contribution in [2.45, 2.75) is 44.4 Å². The molecule has 22 heavy (non-hydrogen) atoms. The predicted molar refractivity (Wildman–Crippen MR) is 90.1 cm³/mol. The summed E-state index contributed by atoms with van der Waals surface area (Å²) in [6.45, 7) is 4.70. The Kier molecular flexibility index (Phi) is 5.86. The fourth-order valence-corrected chi connectivity index (χ4v) is 4.97. The molecule has 1 fully saturated rings. The highest BCUT2D eigenvalue weighted by atomic mass is 32.2. The average Bonchev–Trinajstić information content (AvgIpc) is 3.00. The van der Waals surface area contributed by atoms with Gasteiger partial charge >= 0.3 is 6.03 Å². The Morgan fingerprint density at radius 3 is 2.68 bits per heavy atom. The Hall–Kier alpha value is -1.08. The molecule has 1 aromatic heterocycles. The van der Waals surface area contributed by atoms with Crippen LogP contribution in [-0.4, -0.2) is 49.5 Å². The van der Waals surface area contributed by atoms with Crippen molar-refractivity contribution >= 4 is 27.2 Å². The van der Waals surface area contributed by atoms with E-state index in [9.17, 15) is 13.2 Å². The Bertz CT molecular complexity index is 576. The monoisotopic (exact) mass is 344 g/mol. The number of nitrogens with one attached hydrogen (secondary N) is 1. The number of carbonyl (C=O) groups is 1. The van der Waals surface area contributed by atoms with E-state index in [2.05, 4.69) is 11.4 Å². The molecular weight excluding hydrogens is 320 g/mol. The molecule has 2 rings (SSSR count). The van der Waals surface area contributed by atoms with E-state index in [1.807, 2.05) is 18.4 Å². The molecule has 0 unspecified atom stereocenters. The lowest BCUT2D eigenvalue weighted by Gasteiger charge is -2.32. The van der Waals surface area contributed by atoms with Gasteiger partial charge in [0, 0.05) is 36.2 Å². The molecule has 5 nitrogen and oxygen atoms in total. The van der Waals surface area contributed by atoms with Gasteiger partial charge in [-0.05, 0) is 31.2 Å². The SMILES string of the molecule is CCS(=O)(=O)C1CCN(C(=O)N[C@@H](C)Cc2cccs2)CC1. The van der Waals surface area contributed by atoms with Crippen molar-refractivity contribution in [1.29, 1.82) is 0 Å². The second kappa shape index (κ2) is 7.46. The summed E-state index contributed by atoms with van der Waals surface area (Å²) in [6.07, 6.45) is 1.91. The highest BCUT2D eigenvalue weighted by Crippen LogP contribution is 2.19. The molecule has 0 aromatic carbocycles. The first-order valence-electron chi connectivity index (χ1n) is 7.71. The van der Waals surface area contributed by atoms with E-state index in [0.717, 1.165) is 6.42 Å². The summed E-state index contributed by atoms with van der Waals surface area (Å²) in [5.74, 6) is 0.182. The van der Waals surface area contributed by atoms with Crippen LogP contribution in [0.3, 0.4) is 0 Å². The third-order valence-electron chi connectivity index (χ3n) is 4.10. The Labute approximate surface area is 136 Å². The second-order valence-electron chi connectivity index (χ2n) is 5.77. The largest absolute Gasteiger partial charge is 0.335 e. The molecule has 0 aliphatic carbocycles. The number of hydrogen-bond donors (Lipinski definition) is 1. The van der Waals surface area contributed by atoms with Gasteiger partial charge in [-0.3, -0.25) is 0 Å². The number of thiophene rings is 1. The fraction of sp³-hybridized carbons (Fsp3) is 0.667. The maximum absolute atomic E-state index is 12.2. The minimum Gasteiger partial charge on any atom is -0.335 e. The van der Waals surface area contributed by atoms with Gasteiger partial charge in [-0.1, -0.05) is 13.0 Å². The lowest BCUT2D eigenvalue weighted by Crippen LogP contribution is -2.49. The molecule has 1 aromatic rings. The number of nitrogens with zero attached hydrogens (tertiary/aromatic N) is 1. The number of piperidine rings is 1. The molecule has 1 aliphatic rings. The molecule has 2 heterocycles. The van der Waals surface area contributed by atoms with E-state index in [1.165, 1.54) is 4.88 Å². The van der Waals surface area contributed by atoms with Gasteiger partial charge in [-0.15, -0.1) is 11.3 Å². The number of sulfone groups is 1. The van der Waals surface area contributed by atoms with E-state index >= 15 is 0 Å². The van der Waals surface area contributed by atoms with Gasteiger partial charge in [0.15, 0.2) is 9.84 Å². The van der Waals surface area contributed by atoms with Crippen LogP contribution in [0.5, 0.6) is 0 Å². The number of likely N-dealkylation sites (tertiary alicyclic amines) is 1. The molecule has 0 saturated carbocycles.